The predicted octanol–water partition coefficient (Wildman–Crippen LogP) is 3.09. The Bertz CT molecular complexity index is 1190. The summed E-state index contributed by atoms with van der Waals surface area (Å²) in [4.78, 5) is 30.1. The van der Waals surface area contributed by atoms with Crippen LogP contribution in [0.4, 0.5) is 4.39 Å². The molecule has 11 heteroatoms. The van der Waals surface area contributed by atoms with Gasteiger partial charge in [0.05, 0.1) is 31.3 Å². The highest BCUT2D eigenvalue weighted by Gasteiger charge is 2.59. The molecule has 31 heavy (non-hydrogen) atoms. The molecule has 1 saturated heterocycles. The van der Waals surface area contributed by atoms with Crippen LogP contribution < -0.4 is 0 Å². The molecular weight excluding hydrogens is 470 g/mol. The van der Waals surface area contributed by atoms with Gasteiger partial charge in [-0.25, -0.2) is 17.6 Å². The molecule has 2 atom stereocenters. The molecule has 2 fully saturated rings. The van der Waals surface area contributed by atoms with Crippen molar-refractivity contribution >= 4 is 44.9 Å². The normalized spacial score (nSPS) is 22.4. The van der Waals surface area contributed by atoms with E-state index in [-0.39, 0.29) is 46.4 Å². The third-order valence-corrected chi connectivity index (χ3v) is 8.65. The molecule has 0 spiro atoms. The maximum atomic E-state index is 14.5. The molecule has 2 aromatic rings. The van der Waals surface area contributed by atoms with E-state index >= 15 is 0 Å². The van der Waals surface area contributed by atoms with Crippen molar-refractivity contribution in [3.05, 3.63) is 58.1 Å². The number of pyridine rings is 1. The number of nitrogens with zero attached hydrogens (tertiary/aromatic N) is 2. The van der Waals surface area contributed by atoms with Gasteiger partial charge in [-0.1, -0.05) is 35.3 Å². The zero-order chi connectivity index (χ0) is 22.6. The number of hydrogen-bond acceptors (Lipinski definition) is 5. The molecule has 1 aliphatic heterocycles. The monoisotopic (exact) mass is 486 g/mol. The van der Waals surface area contributed by atoms with Crippen LogP contribution in [-0.4, -0.2) is 53.1 Å². The molecule has 1 saturated carbocycles. The van der Waals surface area contributed by atoms with Crippen LogP contribution in [0.15, 0.2) is 41.4 Å². The highest BCUT2D eigenvalue weighted by Crippen LogP contribution is 2.51. The third-order valence-electron chi connectivity index (χ3n) is 5.81. The minimum absolute atomic E-state index is 0.0188. The fourth-order valence-corrected chi connectivity index (χ4v) is 6.42. The van der Waals surface area contributed by atoms with Crippen molar-refractivity contribution in [1.82, 2.24) is 9.88 Å². The Hall–Kier alpha value is -2.23. The maximum absolute atomic E-state index is 14.5. The fraction of sp³-hybridized carbons (Fsp3) is 0.350. The van der Waals surface area contributed by atoms with Gasteiger partial charge < -0.3 is 10.0 Å². The van der Waals surface area contributed by atoms with E-state index in [1.54, 1.807) is 6.07 Å². The zero-order valence-corrected chi connectivity index (χ0v) is 18.3. The smallest absolute Gasteiger partial charge is 0.326 e. The van der Waals surface area contributed by atoms with Gasteiger partial charge >= 0.3 is 5.97 Å². The predicted molar refractivity (Wildman–Crippen MR) is 110 cm³/mol. The van der Waals surface area contributed by atoms with E-state index in [2.05, 4.69) is 4.98 Å². The highest BCUT2D eigenvalue weighted by atomic mass is 35.5. The van der Waals surface area contributed by atoms with E-state index in [1.165, 1.54) is 24.4 Å². The van der Waals surface area contributed by atoms with Crippen LogP contribution in [-0.2, 0) is 24.8 Å². The summed E-state index contributed by atoms with van der Waals surface area (Å²) in [6.45, 7) is -0.333. The summed E-state index contributed by atoms with van der Waals surface area (Å²) >= 11 is 11.8. The maximum Gasteiger partial charge on any atom is 0.326 e. The average molecular weight is 487 g/mol. The summed E-state index contributed by atoms with van der Waals surface area (Å²) in [5, 5.41) is 8.60. The molecule has 0 radical (unpaired) electrons. The molecule has 4 rings (SSSR count). The van der Waals surface area contributed by atoms with Crippen LogP contribution in [0.3, 0.4) is 0 Å². The van der Waals surface area contributed by atoms with E-state index in [0.717, 1.165) is 11.0 Å². The molecule has 0 unspecified atom stereocenters. The molecule has 7 nitrogen and oxygen atoms in total. The van der Waals surface area contributed by atoms with Crippen LogP contribution in [0.5, 0.6) is 0 Å². The standard InChI is InChI=1S/C20H17Cl2FN2O5S/c21-11-7-14(23)17(24-9-11)20(5-6-20)19(28)25-10-12(8-15(25)18(26)27)31(29,30)16-4-2-1-3-13(16)22/h1-4,7,9,12,15H,5-6,8,10H2,(H,26,27)/t12-,15+/m1/s1. The van der Waals surface area contributed by atoms with Crippen molar-refractivity contribution in [3.8, 4) is 0 Å². The largest absolute Gasteiger partial charge is 0.480 e. The lowest BCUT2D eigenvalue weighted by atomic mass is 9.98. The Kier molecular flexibility index (Phi) is 5.47. The van der Waals surface area contributed by atoms with Crippen LogP contribution in [0, 0.1) is 5.82 Å². The molecule has 0 bridgehead atoms. The van der Waals surface area contributed by atoms with Crippen LogP contribution >= 0.6 is 23.2 Å². The molecule has 1 aromatic carbocycles. The fourth-order valence-electron chi connectivity index (χ4n) is 4.05. The number of hydrogen-bond donors (Lipinski definition) is 1. The first-order valence-corrected chi connectivity index (χ1v) is 11.7. The second-order valence-electron chi connectivity index (χ2n) is 7.71. The van der Waals surface area contributed by atoms with Crippen LogP contribution in [0.2, 0.25) is 10.0 Å². The lowest BCUT2D eigenvalue weighted by molar-refractivity contribution is -0.149. The average Bonchev–Trinajstić information content (AvgIpc) is 3.37. The first kappa shape index (κ1) is 22.0. The van der Waals surface area contributed by atoms with Crippen LogP contribution in [0.1, 0.15) is 25.0 Å². The Labute approximate surface area is 187 Å². The van der Waals surface area contributed by atoms with Gasteiger partial charge in [0.2, 0.25) is 5.91 Å². The Morgan fingerprint density at radius 3 is 2.48 bits per heavy atom. The minimum Gasteiger partial charge on any atom is -0.480 e. The number of aliphatic carboxylic acids is 1. The van der Waals surface area contributed by atoms with Gasteiger partial charge in [0.15, 0.2) is 9.84 Å². The third kappa shape index (κ3) is 3.68. The second kappa shape index (κ2) is 7.72. The number of amides is 1. The van der Waals surface area contributed by atoms with Crippen molar-refractivity contribution < 1.29 is 27.5 Å². The second-order valence-corrected chi connectivity index (χ2v) is 10.8. The lowest BCUT2D eigenvalue weighted by Gasteiger charge is -2.26. The van der Waals surface area contributed by atoms with Gasteiger partial charge in [-0.2, -0.15) is 0 Å². The van der Waals surface area contributed by atoms with E-state index in [9.17, 15) is 27.5 Å². The Morgan fingerprint density at radius 2 is 1.90 bits per heavy atom. The first-order chi connectivity index (χ1) is 14.6. The Morgan fingerprint density at radius 1 is 1.23 bits per heavy atom. The number of likely N-dealkylation sites (tertiary alicyclic amines) is 1. The number of carbonyl (C=O) groups excluding carboxylic acids is 1. The van der Waals surface area contributed by atoms with E-state index in [4.69, 9.17) is 23.2 Å². The van der Waals surface area contributed by atoms with Crippen molar-refractivity contribution in [2.24, 2.45) is 0 Å². The summed E-state index contributed by atoms with van der Waals surface area (Å²) in [7, 11) is -4.00. The van der Waals surface area contributed by atoms with Crippen LogP contribution in [0.25, 0.3) is 0 Å². The quantitative estimate of drug-likeness (QED) is 0.695. The number of sulfone groups is 1. The summed E-state index contributed by atoms with van der Waals surface area (Å²) in [5.74, 6) is -2.74. The van der Waals surface area contributed by atoms with Gasteiger partial charge in [-0.05, 0) is 37.5 Å². The lowest BCUT2D eigenvalue weighted by Crippen LogP contribution is -2.46. The zero-order valence-electron chi connectivity index (χ0n) is 16.0. The first-order valence-electron chi connectivity index (χ1n) is 9.42. The molecule has 1 aliphatic carbocycles. The number of carbonyl (C=O) groups is 2. The highest BCUT2D eigenvalue weighted by molar-refractivity contribution is 7.92. The van der Waals surface area contributed by atoms with Gasteiger partial charge in [0, 0.05) is 12.7 Å². The van der Waals surface area contributed by atoms with E-state index in [0.29, 0.717) is 0 Å². The van der Waals surface area contributed by atoms with Gasteiger partial charge in [0.1, 0.15) is 11.9 Å². The summed E-state index contributed by atoms with van der Waals surface area (Å²) in [5.41, 5.74) is -1.42. The van der Waals surface area contributed by atoms with Crippen molar-refractivity contribution in [1.29, 1.82) is 0 Å². The number of aromatic nitrogens is 1. The number of halogens is 3. The summed E-state index contributed by atoms with van der Waals surface area (Å²) in [6, 6.07) is 5.54. The number of carboxylic acid groups (broad SMARTS) is 1. The SMILES string of the molecule is O=C(O)[C@@H]1C[C@@H](S(=O)(=O)c2ccccc2Cl)CN1C(=O)C1(c2ncc(Cl)cc2F)CC1. The molecule has 164 valence electrons. The van der Waals surface area contributed by atoms with Crippen molar-refractivity contribution in [3.63, 3.8) is 0 Å². The van der Waals surface area contributed by atoms with E-state index in [1.807, 2.05) is 0 Å². The van der Waals surface area contributed by atoms with E-state index < -0.39 is 44.2 Å². The Balaban J connectivity index is 1.68. The summed E-state index contributed by atoms with van der Waals surface area (Å²) in [6.07, 6.45) is 1.49. The number of rotatable bonds is 5. The molecule has 1 N–H and O–H groups in total. The molecular formula is C20H17Cl2FN2O5S. The minimum atomic E-state index is -4.00. The van der Waals surface area contributed by atoms with Gasteiger partial charge in [0.25, 0.3) is 0 Å². The van der Waals surface area contributed by atoms with Crippen molar-refractivity contribution in [2.75, 3.05) is 6.54 Å². The number of benzene rings is 1. The topological polar surface area (TPSA) is 105 Å². The molecule has 1 amide bonds. The molecule has 2 heterocycles. The van der Waals surface area contributed by atoms with Gasteiger partial charge in [-0.3, -0.25) is 9.78 Å². The molecule has 2 aliphatic rings. The molecule has 1 aromatic heterocycles. The van der Waals surface area contributed by atoms with Crippen molar-refractivity contribution in [2.45, 2.75) is 40.9 Å². The van der Waals surface area contributed by atoms with Gasteiger partial charge in [-0.15, -0.1) is 0 Å². The number of carboxylic acids is 1. The summed E-state index contributed by atoms with van der Waals surface area (Å²) < 4.78 is 40.7.